The topological polar surface area (TPSA) is 60.4 Å². The lowest BCUT2D eigenvalue weighted by Crippen LogP contribution is -2.32. The average molecular weight is 305 g/mol. The standard InChI is InChI=1S/C13H17ClO4S/c1-13(2,3)19(16,17)8-7-18-12-6-4-5-11(14)10(12)9-15/h4-6,9H,7-8H2,1-3H3. The molecule has 1 aromatic carbocycles. The molecule has 0 aliphatic carbocycles. The fourth-order valence-electron chi connectivity index (χ4n) is 1.32. The van der Waals surface area contributed by atoms with E-state index in [1.807, 2.05) is 0 Å². The predicted molar refractivity (Wildman–Crippen MR) is 75.9 cm³/mol. The Morgan fingerprint density at radius 2 is 1.95 bits per heavy atom. The highest BCUT2D eigenvalue weighted by atomic mass is 35.5. The maximum Gasteiger partial charge on any atom is 0.158 e. The van der Waals surface area contributed by atoms with E-state index < -0.39 is 14.6 Å². The Balaban J connectivity index is 2.75. The summed E-state index contributed by atoms with van der Waals surface area (Å²) in [5.41, 5.74) is 0.234. The number of carbonyl (C=O) groups is 1. The van der Waals surface area contributed by atoms with Gasteiger partial charge in [-0.1, -0.05) is 17.7 Å². The molecule has 1 rings (SSSR count). The van der Waals surface area contributed by atoms with Crippen molar-refractivity contribution in [3.63, 3.8) is 0 Å². The normalized spacial score (nSPS) is 12.2. The van der Waals surface area contributed by atoms with Gasteiger partial charge >= 0.3 is 0 Å². The molecule has 0 N–H and O–H groups in total. The molecule has 0 aromatic heterocycles. The molecule has 0 amide bonds. The fraction of sp³-hybridized carbons (Fsp3) is 0.462. The van der Waals surface area contributed by atoms with Crippen LogP contribution in [-0.4, -0.2) is 31.8 Å². The number of benzene rings is 1. The largest absolute Gasteiger partial charge is 0.492 e. The van der Waals surface area contributed by atoms with Gasteiger partial charge in [0.25, 0.3) is 0 Å². The molecule has 1 aromatic rings. The molecule has 0 saturated carbocycles. The quantitative estimate of drug-likeness (QED) is 0.785. The number of aldehydes is 1. The van der Waals surface area contributed by atoms with Gasteiger partial charge in [0.05, 0.1) is 21.1 Å². The molecule has 19 heavy (non-hydrogen) atoms. The van der Waals surface area contributed by atoms with Crippen LogP contribution in [0.5, 0.6) is 5.75 Å². The van der Waals surface area contributed by atoms with Crippen molar-refractivity contribution < 1.29 is 17.9 Å². The highest BCUT2D eigenvalue weighted by Crippen LogP contribution is 2.24. The molecule has 0 spiro atoms. The molecule has 0 saturated heterocycles. The molecule has 0 unspecified atom stereocenters. The minimum Gasteiger partial charge on any atom is -0.492 e. The zero-order valence-corrected chi connectivity index (χ0v) is 12.7. The first-order chi connectivity index (χ1) is 8.69. The third-order valence-corrected chi connectivity index (χ3v) is 5.57. The Morgan fingerprint density at radius 3 is 2.47 bits per heavy atom. The maximum atomic E-state index is 11.9. The van der Waals surface area contributed by atoms with Gasteiger partial charge in [0.2, 0.25) is 0 Å². The molecular formula is C13H17ClO4S. The Hall–Kier alpha value is -1.07. The third kappa shape index (κ3) is 3.94. The summed E-state index contributed by atoms with van der Waals surface area (Å²) in [6, 6.07) is 4.80. The van der Waals surface area contributed by atoms with Crippen LogP contribution in [0.4, 0.5) is 0 Å². The molecule has 0 radical (unpaired) electrons. The molecule has 0 fully saturated rings. The second-order valence-electron chi connectivity index (χ2n) is 5.05. The number of carbonyl (C=O) groups excluding carboxylic acids is 1. The molecule has 0 bridgehead atoms. The van der Waals surface area contributed by atoms with Crippen molar-refractivity contribution in [2.24, 2.45) is 0 Å². The van der Waals surface area contributed by atoms with Crippen molar-refractivity contribution in [1.29, 1.82) is 0 Å². The van der Waals surface area contributed by atoms with Crippen LogP contribution in [0.1, 0.15) is 31.1 Å². The van der Waals surface area contributed by atoms with Crippen LogP contribution in [0, 0.1) is 0 Å². The van der Waals surface area contributed by atoms with E-state index in [9.17, 15) is 13.2 Å². The fourth-order valence-corrected chi connectivity index (χ4v) is 2.45. The van der Waals surface area contributed by atoms with Crippen LogP contribution >= 0.6 is 11.6 Å². The Morgan fingerprint density at radius 1 is 1.32 bits per heavy atom. The van der Waals surface area contributed by atoms with Gasteiger partial charge < -0.3 is 4.74 Å². The second-order valence-corrected chi connectivity index (χ2v) is 8.32. The van der Waals surface area contributed by atoms with E-state index in [-0.39, 0.29) is 22.9 Å². The van der Waals surface area contributed by atoms with Gasteiger partial charge in [-0.2, -0.15) is 0 Å². The zero-order chi connectivity index (χ0) is 14.7. The van der Waals surface area contributed by atoms with Crippen molar-refractivity contribution in [1.82, 2.24) is 0 Å². The van der Waals surface area contributed by atoms with E-state index in [2.05, 4.69) is 0 Å². The van der Waals surface area contributed by atoms with Crippen LogP contribution in [0.2, 0.25) is 5.02 Å². The first kappa shape index (κ1) is 16.0. The van der Waals surface area contributed by atoms with E-state index in [0.717, 1.165) is 0 Å². The molecule has 0 heterocycles. The van der Waals surface area contributed by atoms with Crippen molar-refractivity contribution in [3.8, 4) is 5.75 Å². The zero-order valence-electron chi connectivity index (χ0n) is 11.1. The number of hydrogen-bond donors (Lipinski definition) is 0. The summed E-state index contributed by atoms with van der Waals surface area (Å²) in [7, 11) is -3.24. The lowest BCUT2D eigenvalue weighted by molar-refractivity contribution is 0.112. The lowest BCUT2D eigenvalue weighted by atomic mass is 10.2. The second kappa shape index (κ2) is 5.92. The van der Waals surface area contributed by atoms with E-state index in [1.165, 1.54) is 0 Å². The van der Waals surface area contributed by atoms with E-state index >= 15 is 0 Å². The molecule has 4 nitrogen and oxygen atoms in total. The predicted octanol–water partition coefficient (Wildman–Crippen LogP) is 2.74. The van der Waals surface area contributed by atoms with E-state index in [4.69, 9.17) is 16.3 Å². The van der Waals surface area contributed by atoms with E-state index in [1.54, 1.807) is 39.0 Å². The van der Waals surface area contributed by atoms with Gasteiger partial charge in [0.15, 0.2) is 16.1 Å². The summed E-state index contributed by atoms with van der Waals surface area (Å²) in [5, 5.41) is 0.283. The van der Waals surface area contributed by atoms with Crippen LogP contribution < -0.4 is 4.74 Å². The summed E-state index contributed by atoms with van der Waals surface area (Å²) in [6.07, 6.45) is 0.593. The number of hydrogen-bond acceptors (Lipinski definition) is 4. The first-order valence-corrected chi connectivity index (χ1v) is 7.81. The SMILES string of the molecule is CC(C)(C)S(=O)(=O)CCOc1cccc(Cl)c1C=O. The first-order valence-electron chi connectivity index (χ1n) is 5.78. The summed E-state index contributed by atoms with van der Waals surface area (Å²) in [4.78, 5) is 10.9. The van der Waals surface area contributed by atoms with Gasteiger partial charge in [-0.05, 0) is 32.9 Å². The highest BCUT2D eigenvalue weighted by molar-refractivity contribution is 7.92. The van der Waals surface area contributed by atoms with Crippen molar-refractivity contribution in [2.45, 2.75) is 25.5 Å². The van der Waals surface area contributed by atoms with Crippen LogP contribution in [0.3, 0.4) is 0 Å². The maximum absolute atomic E-state index is 11.9. The molecular weight excluding hydrogens is 288 g/mol. The monoisotopic (exact) mass is 304 g/mol. The Kier molecular flexibility index (Phi) is 4.98. The lowest BCUT2D eigenvalue weighted by Gasteiger charge is -2.19. The number of halogens is 1. The van der Waals surface area contributed by atoms with Crippen LogP contribution in [0.15, 0.2) is 18.2 Å². The van der Waals surface area contributed by atoms with Crippen molar-refractivity contribution >= 4 is 27.7 Å². The Bertz CT molecular complexity index is 558. The average Bonchev–Trinajstić information content (AvgIpc) is 2.27. The van der Waals surface area contributed by atoms with Crippen molar-refractivity contribution in [3.05, 3.63) is 28.8 Å². The highest BCUT2D eigenvalue weighted by Gasteiger charge is 2.28. The van der Waals surface area contributed by atoms with Gasteiger partial charge in [0.1, 0.15) is 12.4 Å². The van der Waals surface area contributed by atoms with Gasteiger partial charge in [-0.3, -0.25) is 4.79 Å². The van der Waals surface area contributed by atoms with Crippen LogP contribution in [0.25, 0.3) is 0 Å². The van der Waals surface area contributed by atoms with Crippen molar-refractivity contribution in [2.75, 3.05) is 12.4 Å². The summed E-state index contributed by atoms with van der Waals surface area (Å²) < 4.78 is 28.3. The summed E-state index contributed by atoms with van der Waals surface area (Å²) >= 11 is 5.84. The minimum atomic E-state index is -3.24. The van der Waals surface area contributed by atoms with Gasteiger partial charge in [-0.15, -0.1) is 0 Å². The van der Waals surface area contributed by atoms with E-state index in [0.29, 0.717) is 12.0 Å². The molecule has 0 aliphatic heterocycles. The molecule has 6 heteroatoms. The number of rotatable bonds is 5. The molecule has 0 aliphatic rings. The smallest absolute Gasteiger partial charge is 0.158 e. The van der Waals surface area contributed by atoms with Gasteiger partial charge in [0, 0.05) is 0 Å². The van der Waals surface area contributed by atoms with Crippen LogP contribution in [-0.2, 0) is 9.84 Å². The third-order valence-electron chi connectivity index (χ3n) is 2.67. The molecule has 106 valence electrons. The number of sulfone groups is 1. The molecule has 0 atom stereocenters. The summed E-state index contributed by atoms with van der Waals surface area (Å²) in [5.74, 6) is 0.188. The Labute approximate surface area is 118 Å². The number of ether oxygens (including phenoxy) is 1. The summed E-state index contributed by atoms with van der Waals surface area (Å²) in [6.45, 7) is 4.90. The minimum absolute atomic E-state index is 0.0131. The van der Waals surface area contributed by atoms with Gasteiger partial charge in [-0.25, -0.2) is 8.42 Å².